The average Bonchev–Trinajstić information content (AvgIpc) is 2.42. The van der Waals surface area contributed by atoms with Crippen molar-refractivity contribution in [2.24, 2.45) is 5.84 Å². The largest absolute Gasteiger partial charge is 0.323 e. The van der Waals surface area contributed by atoms with Gasteiger partial charge in [-0.2, -0.15) is 0 Å². The highest BCUT2D eigenvalue weighted by Gasteiger charge is 2.26. The molecular formula is C14H22N4O. The molecule has 1 saturated heterocycles. The SMILES string of the molecule is CC1CCCC(C)N1NC(=O)c1ccccc1NN. The van der Waals surface area contributed by atoms with Gasteiger partial charge in [0, 0.05) is 12.1 Å². The molecule has 1 aromatic rings. The minimum Gasteiger partial charge on any atom is -0.323 e. The number of hydrazine groups is 2. The van der Waals surface area contributed by atoms with Crippen LogP contribution in [0.2, 0.25) is 0 Å². The van der Waals surface area contributed by atoms with E-state index < -0.39 is 0 Å². The molecule has 1 heterocycles. The summed E-state index contributed by atoms with van der Waals surface area (Å²) in [5.41, 5.74) is 6.77. The van der Waals surface area contributed by atoms with Gasteiger partial charge in [0.25, 0.3) is 5.91 Å². The van der Waals surface area contributed by atoms with Gasteiger partial charge in [-0.25, -0.2) is 5.01 Å². The molecule has 1 fully saturated rings. The van der Waals surface area contributed by atoms with Crippen LogP contribution in [0.3, 0.4) is 0 Å². The van der Waals surface area contributed by atoms with Gasteiger partial charge in [0.2, 0.25) is 0 Å². The summed E-state index contributed by atoms with van der Waals surface area (Å²) in [7, 11) is 0. The first-order valence-electron chi connectivity index (χ1n) is 6.78. The lowest BCUT2D eigenvalue weighted by Gasteiger charge is -2.38. The van der Waals surface area contributed by atoms with Crippen LogP contribution in [0.25, 0.3) is 0 Å². The lowest BCUT2D eigenvalue weighted by Crippen LogP contribution is -2.54. The fraction of sp³-hybridized carbons (Fsp3) is 0.500. The number of para-hydroxylation sites is 1. The zero-order chi connectivity index (χ0) is 13.8. The Labute approximate surface area is 114 Å². The number of hydrogen-bond donors (Lipinski definition) is 3. The smallest absolute Gasteiger partial charge is 0.267 e. The molecule has 2 unspecified atom stereocenters. The Morgan fingerprint density at radius 1 is 1.26 bits per heavy atom. The third kappa shape index (κ3) is 3.05. The number of carbonyl (C=O) groups excluding carboxylic acids is 1. The molecule has 2 rings (SSSR count). The van der Waals surface area contributed by atoms with Crippen molar-refractivity contribution in [3.05, 3.63) is 29.8 Å². The van der Waals surface area contributed by atoms with Crippen molar-refractivity contribution in [1.29, 1.82) is 0 Å². The second kappa shape index (κ2) is 6.04. The number of benzene rings is 1. The van der Waals surface area contributed by atoms with E-state index in [-0.39, 0.29) is 5.91 Å². The number of carbonyl (C=O) groups is 1. The lowest BCUT2D eigenvalue weighted by molar-refractivity contribution is 0.0370. The highest BCUT2D eigenvalue weighted by molar-refractivity contribution is 5.99. The van der Waals surface area contributed by atoms with Crippen molar-refractivity contribution in [1.82, 2.24) is 10.4 Å². The third-order valence-electron chi connectivity index (χ3n) is 3.75. The molecule has 0 aromatic heterocycles. The molecule has 0 spiro atoms. The molecule has 1 amide bonds. The molecule has 104 valence electrons. The van der Waals surface area contributed by atoms with Crippen molar-refractivity contribution in [2.45, 2.75) is 45.2 Å². The summed E-state index contributed by atoms with van der Waals surface area (Å²) in [6, 6.07) is 7.97. The Balaban J connectivity index is 2.11. The van der Waals surface area contributed by atoms with E-state index in [1.165, 1.54) is 6.42 Å². The maximum absolute atomic E-state index is 12.3. The highest BCUT2D eigenvalue weighted by atomic mass is 16.2. The molecule has 0 saturated carbocycles. The van der Waals surface area contributed by atoms with Crippen molar-refractivity contribution in [2.75, 3.05) is 5.43 Å². The molecular weight excluding hydrogens is 240 g/mol. The van der Waals surface area contributed by atoms with E-state index in [0.29, 0.717) is 23.3 Å². The van der Waals surface area contributed by atoms with Crippen LogP contribution in [0.1, 0.15) is 43.5 Å². The van der Waals surface area contributed by atoms with Crippen LogP contribution in [0.15, 0.2) is 24.3 Å². The molecule has 4 N–H and O–H groups in total. The topological polar surface area (TPSA) is 70.4 Å². The van der Waals surface area contributed by atoms with Crippen molar-refractivity contribution < 1.29 is 4.79 Å². The highest BCUT2D eigenvalue weighted by Crippen LogP contribution is 2.21. The van der Waals surface area contributed by atoms with Gasteiger partial charge in [0.15, 0.2) is 0 Å². The fourth-order valence-corrected chi connectivity index (χ4v) is 2.63. The van der Waals surface area contributed by atoms with Gasteiger partial charge in [-0.1, -0.05) is 18.6 Å². The van der Waals surface area contributed by atoms with Gasteiger partial charge in [0.05, 0.1) is 11.3 Å². The predicted octanol–water partition coefficient (Wildman–Crippen LogP) is 1.88. The van der Waals surface area contributed by atoms with E-state index in [1.54, 1.807) is 12.1 Å². The Hall–Kier alpha value is -1.59. The second-order valence-corrected chi connectivity index (χ2v) is 5.17. The van der Waals surface area contributed by atoms with Crippen LogP contribution in [-0.4, -0.2) is 23.0 Å². The first-order valence-corrected chi connectivity index (χ1v) is 6.78. The quantitative estimate of drug-likeness (QED) is 0.574. The number of amides is 1. The number of nitrogen functional groups attached to an aromatic ring is 1. The molecule has 0 aliphatic carbocycles. The summed E-state index contributed by atoms with van der Waals surface area (Å²) in [6.07, 6.45) is 3.44. The number of rotatable bonds is 3. The number of piperidine rings is 1. The summed E-state index contributed by atoms with van der Waals surface area (Å²) in [6.45, 7) is 4.28. The van der Waals surface area contributed by atoms with Crippen molar-refractivity contribution in [3.63, 3.8) is 0 Å². The maximum Gasteiger partial charge on any atom is 0.267 e. The second-order valence-electron chi connectivity index (χ2n) is 5.17. The molecule has 0 bridgehead atoms. The van der Waals surface area contributed by atoms with Crippen molar-refractivity contribution >= 4 is 11.6 Å². The normalized spacial score (nSPS) is 23.9. The molecule has 1 aliphatic rings. The Morgan fingerprint density at radius 3 is 2.53 bits per heavy atom. The van der Waals surface area contributed by atoms with Gasteiger partial charge < -0.3 is 5.43 Å². The van der Waals surface area contributed by atoms with Crippen LogP contribution in [0, 0.1) is 0 Å². The number of nitrogens with one attached hydrogen (secondary N) is 2. The van der Waals surface area contributed by atoms with Crippen LogP contribution in [0.5, 0.6) is 0 Å². The molecule has 1 aliphatic heterocycles. The zero-order valence-electron chi connectivity index (χ0n) is 11.5. The Bertz CT molecular complexity index is 439. The fourth-order valence-electron chi connectivity index (χ4n) is 2.63. The molecule has 19 heavy (non-hydrogen) atoms. The molecule has 2 atom stereocenters. The monoisotopic (exact) mass is 262 g/mol. The first-order chi connectivity index (χ1) is 9.13. The Kier molecular flexibility index (Phi) is 4.39. The van der Waals surface area contributed by atoms with E-state index in [4.69, 9.17) is 5.84 Å². The van der Waals surface area contributed by atoms with Gasteiger partial charge in [0.1, 0.15) is 0 Å². The van der Waals surface area contributed by atoms with Gasteiger partial charge in [-0.3, -0.25) is 16.1 Å². The lowest BCUT2D eigenvalue weighted by atomic mass is 10.00. The van der Waals surface area contributed by atoms with Crippen molar-refractivity contribution in [3.8, 4) is 0 Å². The minimum atomic E-state index is -0.117. The Morgan fingerprint density at radius 2 is 1.89 bits per heavy atom. The molecule has 0 radical (unpaired) electrons. The van der Waals surface area contributed by atoms with Crippen LogP contribution >= 0.6 is 0 Å². The summed E-state index contributed by atoms with van der Waals surface area (Å²) in [4.78, 5) is 12.3. The predicted molar refractivity (Wildman–Crippen MR) is 76.3 cm³/mol. The van der Waals surface area contributed by atoms with Crippen LogP contribution < -0.4 is 16.7 Å². The van der Waals surface area contributed by atoms with Gasteiger partial charge >= 0.3 is 0 Å². The minimum absolute atomic E-state index is 0.117. The zero-order valence-corrected chi connectivity index (χ0v) is 11.5. The molecule has 1 aromatic carbocycles. The van der Waals surface area contributed by atoms with Gasteiger partial charge in [-0.05, 0) is 38.8 Å². The summed E-state index contributed by atoms with van der Waals surface area (Å²) in [5, 5.41) is 2.05. The standard InChI is InChI=1S/C14H22N4O/c1-10-6-5-7-11(2)18(10)17-14(19)12-8-3-4-9-13(12)16-15/h3-4,8-11,16H,5-7,15H2,1-2H3,(H,17,19). The number of hydrogen-bond acceptors (Lipinski definition) is 4. The van der Waals surface area contributed by atoms with Crippen LogP contribution in [0.4, 0.5) is 5.69 Å². The summed E-state index contributed by atoms with van der Waals surface area (Å²) < 4.78 is 0. The van der Waals surface area contributed by atoms with Gasteiger partial charge in [-0.15, -0.1) is 0 Å². The average molecular weight is 262 g/mol. The summed E-state index contributed by atoms with van der Waals surface area (Å²) >= 11 is 0. The van der Waals surface area contributed by atoms with E-state index >= 15 is 0 Å². The maximum atomic E-state index is 12.3. The number of nitrogens with two attached hydrogens (primary N) is 1. The van der Waals surface area contributed by atoms with E-state index in [1.807, 2.05) is 12.1 Å². The number of anilines is 1. The molecule has 5 heteroatoms. The molecule has 5 nitrogen and oxygen atoms in total. The summed E-state index contributed by atoms with van der Waals surface area (Å²) in [5.74, 6) is 5.32. The van der Waals surface area contributed by atoms with E-state index in [0.717, 1.165) is 12.8 Å². The number of nitrogens with zero attached hydrogens (tertiary/aromatic N) is 1. The van der Waals surface area contributed by atoms with Crippen LogP contribution in [-0.2, 0) is 0 Å². The van der Waals surface area contributed by atoms with E-state index in [9.17, 15) is 4.79 Å². The van der Waals surface area contributed by atoms with E-state index in [2.05, 4.69) is 29.7 Å². The first kappa shape index (κ1) is 13.8. The third-order valence-corrected chi connectivity index (χ3v) is 3.75.